The molecule has 0 saturated carbocycles. The Kier molecular flexibility index (Phi) is 6.81. The lowest BCUT2D eigenvalue weighted by Crippen LogP contribution is -2.29. The molecule has 0 bridgehead atoms. The fourth-order valence-corrected chi connectivity index (χ4v) is 4.55. The van der Waals surface area contributed by atoms with Crippen LogP contribution in [0.4, 0.5) is 13.2 Å². The van der Waals surface area contributed by atoms with E-state index in [1.807, 2.05) is 11.0 Å². The first-order chi connectivity index (χ1) is 17.9. The lowest BCUT2D eigenvalue weighted by Gasteiger charge is -2.27. The minimum absolute atomic E-state index is 0.0123. The molecule has 0 atom stereocenters. The second kappa shape index (κ2) is 10.2. The summed E-state index contributed by atoms with van der Waals surface area (Å²) in [7, 11) is 1.52. The largest absolute Gasteiger partial charge is 0.383 e. The van der Waals surface area contributed by atoms with Gasteiger partial charge < -0.3 is 19.4 Å². The molecular formula is C26H24F3N5O3. The third-order valence-corrected chi connectivity index (χ3v) is 6.46. The third kappa shape index (κ3) is 4.75. The first-order valence-electron chi connectivity index (χ1n) is 11.7. The number of aromatic amines is 1. The molecule has 8 nitrogen and oxygen atoms in total. The highest BCUT2D eigenvalue weighted by Gasteiger charge is 2.20. The van der Waals surface area contributed by atoms with Gasteiger partial charge in [-0.2, -0.15) is 4.39 Å². The predicted octanol–water partition coefficient (Wildman–Crippen LogP) is 3.26. The monoisotopic (exact) mass is 511 g/mol. The van der Waals surface area contributed by atoms with Crippen molar-refractivity contribution < 1.29 is 22.7 Å². The number of amides is 1. The SMILES string of the molecule is COCCNC(=O)c1ccc(C2=CCN(Cc3ccc4c([nH]c(=O)c5c(F)ccn54)c3F)CC2)c(F)n1. The molecule has 1 aliphatic rings. The summed E-state index contributed by atoms with van der Waals surface area (Å²) in [6.45, 7) is 1.90. The number of nitrogens with one attached hydrogen (secondary N) is 2. The highest BCUT2D eigenvalue weighted by molar-refractivity contribution is 5.92. The number of ether oxygens (including phenoxy) is 1. The standard InChI is InChI=1S/C26H24F3N5O3/c1-37-13-9-30-25(35)19-4-3-17(24(29)31-19)15-6-10-33(11-7-15)14-16-2-5-20-22(21(16)28)32-26(36)23-18(27)8-12-34(20)23/h2-6,8,12H,7,9-11,13-14H2,1H3,(H,30,35)(H,32,36). The smallest absolute Gasteiger partial charge is 0.275 e. The Hall–Kier alpha value is -3.96. The molecule has 1 aliphatic heterocycles. The van der Waals surface area contributed by atoms with Crippen LogP contribution in [-0.4, -0.2) is 58.5 Å². The van der Waals surface area contributed by atoms with Crippen LogP contribution in [0.5, 0.6) is 0 Å². The number of benzene rings is 1. The lowest BCUT2D eigenvalue weighted by molar-refractivity contribution is 0.0931. The minimum atomic E-state index is -0.726. The topological polar surface area (TPSA) is 91.7 Å². The van der Waals surface area contributed by atoms with Crippen LogP contribution in [0.3, 0.4) is 0 Å². The number of H-pyrrole nitrogens is 1. The summed E-state index contributed by atoms with van der Waals surface area (Å²) in [5.74, 6) is -2.45. The Balaban J connectivity index is 1.31. The molecule has 5 rings (SSSR count). The van der Waals surface area contributed by atoms with Crippen LogP contribution in [0.2, 0.25) is 0 Å². The zero-order valence-electron chi connectivity index (χ0n) is 20.0. The first kappa shape index (κ1) is 24.7. The van der Waals surface area contributed by atoms with Gasteiger partial charge in [-0.05, 0) is 36.3 Å². The molecule has 0 spiro atoms. The van der Waals surface area contributed by atoms with E-state index in [0.29, 0.717) is 49.3 Å². The maximum atomic E-state index is 15.3. The van der Waals surface area contributed by atoms with Crippen molar-refractivity contribution in [3.63, 3.8) is 0 Å². The molecule has 0 fully saturated rings. The van der Waals surface area contributed by atoms with E-state index >= 15 is 4.39 Å². The number of halogens is 3. The number of hydrogen-bond donors (Lipinski definition) is 2. The van der Waals surface area contributed by atoms with Crippen molar-refractivity contribution >= 4 is 28.0 Å². The van der Waals surface area contributed by atoms with E-state index in [-0.39, 0.29) is 23.3 Å². The van der Waals surface area contributed by atoms with E-state index in [1.54, 1.807) is 18.2 Å². The van der Waals surface area contributed by atoms with Gasteiger partial charge >= 0.3 is 0 Å². The van der Waals surface area contributed by atoms with E-state index in [0.717, 1.165) is 11.6 Å². The van der Waals surface area contributed by atoms with Crippen molar-refractivity contribution in [3.8, 4) is 0 Å². The molecule has 1 amide bonds. The number of hydrogen-bond acceptors (Lipinski definition) is 5. The fraction of sp³-hybridized carbons (Fsp3) is 0.269. The van der Waals surface area contributed by atoms with E-state index in [4.69, 9.17) is 4.74 Å². The van der Waals surface area contributed by atoms with Crippen molar-refractivity contribution in [2.24, 2.45) is 0 Å². The van der Waals surface area contributed by atoms with Crippen LogP contribution >= 0.6 is 0 Å². The molecule has 3 aromatic heterocycles. The second-order valence-corrected chi connectivity index (χ2v) is 8.77. The number of aromatic nitrogens is 3. The van der Waals surface area contributed by atoms with Gasteiger partial charge in [-0.15, -0.1) is 0 Å². The fourth-order valence-electron chi connectivity index (χ4n) is 4.55. The Morgan fingerprint density at radius 3 is 2.76 bits per heavy atom. The molecule has 0 saturated heterocycles. The van der Waals surface area contributed by atoms with E-state index in [2.05, 4.69) is 15.3 Å². The Bertz CT molecular complexity index is 1590. The average Bonchev–Trinajstić information content (AvgIpc) is 3.29. The Morgan fingerprint density at radius 1 is 1.19 bits per heavy atom. The lowest BCUT2D eigenvalue weighted by atomic mass is 10.00. The summed E-state index contributed by atoms with van der Waals surface area (Å²) in [5, 5.41) is 2.60. The van der Waals surface area contributed by atoms with Gasteiger partial charge in [0.15, 0.2) is 11.6 Å². The Labute approximate surface area is 209 Å². The highest BCUT2D eigenvalue weighted by atomic mass is 19.1. The number of fused-ring (bicyclic) bond motifs is 3. The van der Waals surface area contributed by atoms with Gasteiger partial charge in [-0.25, -0.2) is 13.8 Å². The molecule has 0 aliphatic carbocycles. The van der Waals surface area contributed by atoms with Gasteiger partial charge in [0.1, 0.15) is 16.7 Å². The van der Waals surface area contributed by atoms with E-state index < -0.39 is 29.0 Å². The van der Waals surface area contributed by atoms with Crippen LogP contribution in [-0.2, 0) is 11.3 Å². The van der Waals surface area contributed by atoms with Gasteiger partial charge in [0.2, 0.25) is 5.95 Å². The van der Waals surface area contributed by atoms with Gasteiger partial charge in [0.25, 0.3) is 11.5 Å². The molecule has 192 valence electrons. The van der Waals surface area contributed by atoms with Gasteiger partial charge in [0.05, 0.1) is 12.1 Å². The number of carbonyl (C=O) groups is 1. The van der Waals surface area contributed by atoms with Gasteiger partial charge in [-0.3, -0.25) is 14.5 Å². The van der Waals surface area contributed by atoms with Crippen molar-refractivity contribution in [2.75, 3.05) is 33.4 Å². The van der Waals surface area contributed by atoms with Crippen LogP contribution in [0, 0.1) is 17.6 Å². The van der Waals surface area contributed by atoms with Crippen LogP contribution in [0.1, 0.15) is 28.0 Å². The highest BCUT2D eigenvalue weighted by Crippen LogP contribution is 2.27. The quantitative estimate of drug-likeness (QED) is 0.294. The van der Waals surface area contributed by atoms with Crippen LogP contribution in [0.15, 0.2) is 47.4 Å². The van der Waals surface area contributed by atoms with Crippen LogP contribution in [0.25, 0.3) is 22.1 Å². The molecule has 1 aromatic carbocycles. The van der Waals surface area contributed by atoms with E-state index in [9.17, 15) is 18.4 Å². The Morgan fingerprint density at radius 2 is 2.03 bits per heavy atom. The number of carbonyl (C=O) groups excluding carboxylic acids is 1. The zero-order valence-corrected chi connectivity index (χ0v) is 20.0. The molecule has 4 heterocycles. The van der Waals surface area contributed by atoms with E-state index in [1.165, 1.54) is 23.8 Å². The van der Waals surface area contributed by atoms with Crippen molar-refractivity contribution in [1.82, 2.24) is 24.6 Å². The number of pyridine rings is 1. The molecule has 37 heavy (non-hydrogen) atoms. The zero-order chi connectivity index (χ0) is 26.1. The number of rotatable bonds is 7. The third-order valence-electron chi connectivity index (χ3n) is 6.46. The normalized spacial score (nSPS) is 14.3. The second-order valence-electron chi connectivity index (χ2n) is 8.77. The van der Waals surface area contributed by atoms with Gasteiger partial charge in [-0.1, -0.05) is 12.1 Å². The summed E-state index contributed by atoms with van der Waals surface area (Å²) >= 11 is 0. The molecule has 0 unspecified atom stereocenters. The summed E-state index contributed by atoms with van der Waals surface area (Å²) in [6.07, 6.45) is 3.76. The summed E-state index contributed by atoms with van der Waals surface area (Å²) in [6, 6.07) is 7.45. The first-order valence-corrected chi connectivity index (χ1v) is 11.7. The molecule has 4 aromatic rings. The minimum Gasteiger partial charge on any atom is -0.383 e. The molecular weight excluding hydrogens is 487 g/mol. The number of methoxy groups -OCH3 is 1. The van der Waals surface area contributed by atoms with Crippen LogP contribution < -0.4 is 10.9 Å². The summed E-state index contributed by atoms with van der Waals surface area (Å²) < 4.78 is 50.1. The molecule has 2 N–H and O–H groups in total. The molecule has 0 radical (unpaired) electrons. The predicted molar refractivity (Wildman–Crippen MR) is 132 cm³/mol. The summed E-state index contributed by atoms with van der Waals surface area (Å²) in [5.41, 5.74) is 0.959. The average molecular weight is 512 g/mol. The molecule has 11 heteroatoms. The van der Waals surface area contributed by atoms with Crippen molar-refractivity contribution in [3.05, 3.63) is 87.4 Å². The van der Waals surface area contributed by atoms with Gasteiger partial charge in [0, 0.05) is 50.6 Å². The maximum Gasteiger partial charge on any atom is 0.275 e. The maximum absolute atomic E-state index is 15.3. The summed E-state index contributed by atoms with van der Waals surface area (Å²) in [4.78, 5) is 32.6. The number of nitrogens with zero attached hydrogens (tertiary/aromatic N) is 3. The van der Waals surface area contributed by atoms with Crippen molar-refractivity contribution in [2.45, 2.75) is 13.0 Å². The van der Waals surface area contributed by atoms with Crippen molar-refractivity contribution in [1.29, 1.82) is 0 Å².